The quantitative estimate of drug-likeness (QED) is 0.443. The van der Waals surface area contributed by atoms with Crippen LogP contribution in [0.1, 0.15) is 5.56 Å². The van der Waals surface area contributed by atoms with Crippen LogP contribution in [-0.2, 0) is 6.54 Å². The molecule has 0 fully saturated rings. The molecule has 2 aromatic carbocycles. The van der Waals surface area contributed by atoms with E-state index in [1.54, 1.807) is 11.3 Å². The van der Waals surface area contributed by atoms with Crippen LogP contribution in [0, 0.1) is 0 Å². The Morgan fingerprint density at radius 2 is 2.00 bits per heavy atom. The molecule has 0 unspecified atom stereocenters. The molecule has 0 amide bonds. The maximum Gasteiger partial charge on any atom is 0.159 e. The van der Waals surface area contributed by atoms with Gasteiger partial charge in [-0.1, -0.05) is 35.9 Å². The average molecular weight is 405 g/mol. The number of fused-ring (bicyclic) bond motifs is 1. The lowest BCUT2D eigenvalue weighted by Crippen LogP contribution is -2.01. The van der Waals surface area contributed by atoms with Gasteiger partial charge in [0.05, 0.1) is 22.1 Å². The molecule has 0 saturated heterocycles. The number of halogens is 2. The highest BCUT2D eigenvalue weighted by molar-refractivity contribution is 9.11. The molecular formula is C17H11BrClN3S. The maximum atomic E-state index is 6.12. The van der Waals surface area contributed by atoms with Crippen molar-refractivity contribution in [3.63, 3.8) is 0 Å². The number of thiazole rings is 1. The summed E-state index contributed by atoms with van der Waals surface area (Å²) in [5.74, 6) is 0.925. The number of hydrogen-bond acceptors (Lipinski definition) is 3. The van der Waals surface area contributed by atoms with Crippen LogP contribution in [0.15, 0.2) is 58.6 Å². The number of aromatic nitrogens is 3. The summed E-state index contributed by atoms with van der Waals surface area (Å²) >= 11 is 11.1. The van der Waals surface area contributed by atoms with Crippen LogP contribution in [0.2, 0.25) is 5.02 Å². The first-order valence-corrected chi connectivity index (χ1v) is 9.01. The summed E-state index contributed by atoms with van der Waals surface area (Å²) in [7, 11) is 0. The van der Waals surface area contributed by atoms with Crippen molar-refractivity contribution in [2.24, 2.45) is 0 Å². The smallest absolute Gasteiger partial charge is 0.159 e. The Bertz CT molecular complexity index is 992. The number of benzene rings is 2. The topological polar surface area (TPSA) is 30.7 Å². The molecule has 0 radical (unpaired) electrons. The van der Waals surface area contributed by atoms with E-state index in [4.69, 9.17) is 16.6 Å². The number of imidazole rings is 1. The summed E-state index contributed by atoms with van der Waals surface area (Å²) in [4.78, 5) is 10.1. The predicted molar refractivity (Wildman–Crippen MR) is 99.1 cm³/mol. The van der Waals surface area contributed by atoms with E-state index in [9.17, 15) is 0 Å². The van der Waals surface area contributed by atoms with Crippen LogP contribution < -0.4 is 0 Å². The molecule has 0 spiro atoms. The Kier molecular flexibility index (Phi) is 3.93. The second-order valence-electron chi connectivity index (χ2n) is 5.12. The lowest BCUT2D eigenvalue weighted by molar-refractivity contribution is 0.836. The molecule has 2 heterocycles. The van der Waals surface area contributed by atoms with Crippen LogP contribution in [0.25, 0.3) is 21.7 Å². The molecule has 6 heteroatoms. The van der Waals surface area contributed by atoms with Gasteiger partial charge in [0, 0.05) is 11.6 Å². The van der Waals surface area contributed by atoms with Crippen molar-refractivity contribution in [3.8, 4) is 10.7 Å². The Morgan fingerprint density at radius 1 is 1.13 bits per heavy atom. The molecule has 0 aliphatic heterocycles. The molecule has 3 nitrogen and oxygen atoms in total. The van der Waals surface area contributed by atoms with E-state index in [1.165, 1.54) is 0 Å². The highest BCUT2D eigenvalue weighted by Crippen LogP contribution is 2.31. The normalized spacial score (nSPS) is 11.2. The summed E-state index contributed by atoms with van der Waals surface area (Å²) in [5.41, 5.74) is 3.23. The Hall–Kier alpha value is -1.69. The van der Waals surface area contributed by atoms with Gasteiger partial charge in [0.15, 0.2) is 9.74 Å². The van der Waals surface area contributed by atoms with E-state index in [1.807, 2.05) is 42.6 Å². The highest BCUT2D eigenvalue weighted by atomic mass is 79.9. The number of nitrogens with zero attached hydrogens (tertiary/aromatic N) is 3. The van der Waals surface area contributed by atoms with Gasteiger partial charge in [-0.25, -0.2) is 9.97 Å². The first-order valence-electron chi connectivity index (χ1n) is 7.02. The van der Waals surface area contributed by atoms with Crippen LogP contribution in [-0.4, -0.2) is 14.5 Å². The summed E-state index contributed by atoms with van der Waals surface area (Å²) in [6, 6.07) is 16.1. The minimum atomic E-state index is 0.714. The van der Waals surface area contributed by atoms with Crippen LogP contribution in [0.3, 0.4) is 0 Å². The lowest BCUT2D eigenvalue weighted by Gasteiger charge is -2.08. The van der Waals surface area contributed by atoms with E-state index >= 15 is 0 Å². The van der Waals surface area contributed by atoms with Gasteiger partial charge in [0.2, 0.25) is 0 Å². The molecule has 23 heavy (non-hydrogen) atoms. The first kappa shape index (κ1) is 14.9. The van der Waals surface area contributed by atoms with Gasteiger partial charge in [-0.15, -0.1) is 11.3 Å². The van der Waals surface area contributed by atoms with E-state index in [-0.39, 0.29) is 0 Å². The fourth-order valence-electron chi connectivity index (χ4n) is 2.60. The molecule has 4 aromatic rings. The molecule has 2 aromatic heterocycles. The number of rotatable bonds is 3. The predicted octanol–water partition coefficient (Wildman–Crippen LogP) is 5.62. The molecule has 0 bridgehead atoms. The lowest BCUT2D eigenvalue weighted by atomic mass is 10.2. The van der Waals surface area contributed by atoms with Gasteiger partial charge in [-0.05, 0) is 45.8 Å². The molecule has 0 aliphatic carbocycles. The summed E-state index contributed by atoms with van der Waals surface area (Å²) in [5, 5.41) is 0.744. The molecule has 0 atom stereocenters. The van der Waals surface area contributed by atoms with E-state index in [0.29, 0.717) is 6.54 Å². The Balaban J connectivity index is 1.89. The summed E-state index contributed by atoms with van der Waals surface area (Å²) in [6.45, 7) is 0.714. The number of para-hydroxylation sites is 2. The largest absolute Gasteiger partial charge is 0.319 e. The Labute approximate surface area is 150 Å². The minimum absolute atomic E-state index is 0.714. The van der Waals surface area contributed by atoms with Gasteiger partial charge in [0.1, 0.15) is 0 Å². The first-order chi connectivity index (χ1) is 11.2. The van der Waals surface area contributed by atoms with Crippen molar-refractivity contribution in [2.45, 2.75) is 6.54 Å². The van der Waals surface area contributed by atoms with Gasteiger partial charge >= 0.3 is 0 Å². The third-order valence-corrected chi connectivity index (χ3v) is 5.29. The molecule has 114 valence electrons. The fraction of sp³-hybridized carbons (Fsp3) is 0.0588. The van der Waals surface area contributed by atoms with Crippen LogP contribution >= 0.6 is 38.9 Å². The molecule has 4 rings (SSSR count). The van der Waals surface area contributed by atoms with E-state index in [2.05, 4.69) is 37.6 Å². The zero-order valence-corrected chi connectivity index (χ0v) is 15.1. The van der Waals surface area contributed by atoms with Gasteiger partial charge in [-0.3, -0.25) is 0 Å². The third-order valence-electron chi connectivity index (χ3n) is 3.58. The monoisotopic (exact) mass is 403 g/mol. The molecule has 0 aliphatic rings. The molecular weight excluding hydrogens is 394 g/mol. The van der Waals surface area contributed by atoms with Gasteiger partial charge in [-0.2, -0.15) is 0 Å². The van der Waals surface area contributed by atoms with Crippen molar-refractivity contribution in [1.29, 1.82) is 0 Å². The fourth-order valence-corrected chi connectivity index (χ4v) is 4.08. The van der Waals surface area contributed by atoms with Crippen molar-refractivity contribution in [2.75, 3.05) is 0 Å². The van der Waals surface area contributed by atoms with E-state index in [0.717, 1.165) is 36.2 Å². The van der Waals surface area contributed by atoms with Crippen molar-refractivity contribution < 1.29 is 0 Å². The van der Waals surface area contributed by atoms with Crippen molar-refractivity contribution in [3.05, 3.63) is 69.2 Å². The summed E-state index contributed by atoms with van der Waals surface area (Å²) in [6.07, 6.45) is 1.85. The minimum Gasteiger partial charge on any atom is -0.319 e. The third kappa shape index (κ3) is 2.92. The van der Waals surface area contributed by atoms with Crippen molar-refractivity contribution >= 4 is 49.9 Å². The van der Waals surface area contributed by atoms with Gasteiger partial charge in [0.25, 0.3) is 0 Å². The number of hydrogen-bond donors (Lipinski definition) is 0. The second-order valence-corrected chi connectivity index (χ2v) is 7.86. The van der Waals surface area contributed by atoms with Gasteiger partial charge < -0.3 is 4.57 Å². The van der Waals surface area contributed by atoms with E-state index < -0.39 is 0 Å². The summed E-state index contributed by atoms with van der Waals surface area (Å²) < 4.78 is 3.06. The van der Waals surface area contributed by atoms with Crippen molar-refractivity contribution in [1.82, 2.24) is 14.5 Å². The molecule has 0 N–H and O–H groups in total. The zero-order valence-electron chi connectivity index (χ0n) is 11.9. The zero-order chi connectivity index (χ0) is 15.8. The van der Waals surface area contributed by atoms with Crippen LogP contribution in [0.5, 0.6) is 0 Å². The molecule has 0 saturated carbocycles. The SMILES string of the molecule is Clc1cccc(Cn2c(-c3cnc(Br)s3)nc3ccccc32)c1. The maximum absolute atomic E-state index is 6.12. The second kappa shape index (κ2) is 6.07. The average Bonchev–Trinajstić information content (AvgIpc) is 3.12. The van der Waals surface area contributed by atoms with Crippen LogP contribution in [0.4, 0.5) is 0 Å². The standard InChI is InChI=1S/C17H11BrClN3S/c18-17-20-9-15(23-17)16-21-13-6-1-2-7-14(13)22(16)10-11-4-3-5-12(19)8-11/h1-9H,10H2. The Morgan fingerprint density at radius 3 is 2.78 bits per heavy atom. The highest BCUT2D eigenvalue weighted by Gasteiger charge is 2.15.